The van der Waals surface area contributed by atoms with Crippen molar-refractivity contribution in [3.8, 4) is 22.3 Å². The van der Waals surface area contributed by atoms with E-state index in [4.69, 9.17) is 38.9 Å². The largest absolute Gasteiger partial charge is 0.471 e. The Hall–Kier alpha value is -8.44. The van der Waals surface area contributed by atoms with Crippen LogP contribution >= 0.6 is 11.3 Å². The number of nitrogens with zero attached hydrogens (tertiary/aromatic N) is 6. The number of para-hydroxylation sites is 4. The van der Waals surface area contributed by atoms with E-state index in [1.807, 2.05) is 97.3 Å². The Morgan fingerprint density at radius 3 is 1.39 bits per heavy atom. The quantitative estimate of drug-likeness (QED) is 0.0469. The van der Waals surface area contributed by atoms with E-state index in [9.17, 15) is 55.2 Å². The molecule has 3 aromatic heterocycles. The molecule has 10 atom stereocenters. The third-order valence-electron chi connectivity index (χ3n) is 22.7. The average Bonchev–Trinajstić information content (AvgIpc) is 1.58. The Balaban J connectivity index is 0.000000180. The Bertz CT molecular complexity index is 4480. The van der Waals surface area contributed by atoms with E-state index in [2.05, 4.69) is 20.1 Å². The summed E-state index contributed by atoms with van der Waals surface area (Å²) in [7, 11) is -7.75. The number of carbonyl (C=O) groups is 8. The number of allylic oxidation sites excluding steroid dienone is 2. The lowest BCUT2D eigenvalue weighted by Gasteiger charge is -2.29. The lowest BCUT2D eigenvalue weighted by molar-refractivity contribution is -0.154. The van der Waals surface area contributed by atoms with Crippen LogP contribution in [0.1, 0.15) is 192 Å². The van der Waals surface area contributed by atoms with Gasteiger partial charge in [0.15, 0.2) is 0 Å². The summed E-state index contributed by atoms with van der Waals surface area (Å²) in [6.45, 7) is 2.04. The van der Waals surface area contributed by atoms with Crippen molar-refractivity contribution < 1.29 is 74.1 Å². The van der Waals surface area contributed by atoms with Gasteiger partial charge in [-0.25, -0.2) is 36.8 Å². The molecule has 0 unspecified atom stereocenters. The maximum Gasteiger partial charge on any atom is 0.306 e. The van der Waals surface area contributed by atoms with Crippen molar-refractivity contribution in [1.29, 1.82) is 0 Å². The third kappa shape index (κ3) is 17.7. The molecule has 4 N–H and O–H groups in total. The first-order valence-electron chi connectivity index (χ1n) is 38.6. The van der Waals surface area contributed by atoms with Gasteiger partial charge < -0.3 is 39.4 Å². The maximum absolute atomic E-state index is 14.7. The predicted octanol–water partition coefficient (Wildman–Crippen LogP) is 9.24. The van der Waals surface area contributed by atoms with E-state index in [1.54, 1.807) is 0 Å². The highest BCUT2D eigenvalue weighted by molar-refractivity contribution is 7.91. The molecule has 6 amide bonds. The minimum atomic E-state index is -3.88. The monoisotopic (exact) mass is 1520 g/mol. The van der Waals surface area contributed by atoms with E-state index in [1.165, 1.54) is 21.1 Å². The second-order valence-electron chi connectivity index (χ2n) is 30.7. The molecular formula is C78H96N10O16S3. The zero-order valence-corrected chi connectivity index (χ0v) is 62.9. The first kappa shape index (κ1) is 75.4. The number of amides is 6. The Labute approximate surface area is 627 Å². The van der Waals surface area contributed by atoms with Gasteiger partial charge in [-0.05, 0) is 171 Å². The lowest BCUT2D eigenvalue weighted by Crippen LogP contribution is -2.57. The van der Waals surface area contributed by atoms with Crippen LogP contribution in [-0.2, 0) is 74.3 Å². The topological polar surface area (TPSA) is 348 Å². The molecule has 7 heterocycles. The van der Waals surface area contributed by atoms with Crippen LogP contribution in [0.2, 0.25) is 0 Å². The highest BCUT2D eigenvalue weighted by Gasteiger charge is 2.64. The third-order valence-corrected chi connectivity index (χ3v) is 27.2. The number of hydrogen-bond donors (Lipinski definition) is 4. The van der Waals surface area contributed by atoms with E-state index in [0.717, 1.165) is 100 Å². The zero-order chi connectivity index (χ0) is 74.6. The van der Waals surface area contributed by atoms with Crippen LogP contribution in [0.15, 0.2) is 90.3 Å². The molecule has 10 aliphatic rings. The summed E-state index contributed by atoms with van der Waals surface area (Å²) in [5, 5.41) is 6.54. The number of aromatic nitrogens is 4. The van der Waals surface area contributed by atoms with Crippen molar-refractivity contribution in [2.45, 2.75) is 251 Å². The average molecular weight is 1530 g/mol. The fourth-order valence-corrected chi connectivity index (χ4v) is 19.6. The number of aryl methyl sites for hydroxylation is 1. The van der Waals surface area contributed by atoms with Crippen LogP contribution in [0.4, 0.5) is 0 Å². The van der Waals surface area contributed by atoms with Crippen molar-refractivity contribution in [1.82, 2.24) is 49.8 Å². The number of hydrogen-bond acceptors (Lipinski definition) is 21. The Morgan fingerprint density at radius 2 is 0.953 bits per heavy atom. The first-order chi connectivity index (χ1) is 51.6. The molecule has 8 fully saturated rings. The molecule has 6 saturated carbocycles. The van der Waals surface area contributed by atoms with Gasteiger partial charge in [0.1, 0.15) is 59.0 Å². The lowest BCUT2D eigenvalue weighted by atomic mass is 9.95. The molecule has 2 saturated heterocycles. The standard InChI is InChI=1S/C40H47N5O8S2.C38H49N5O8S/c46-34(52-27-13-6-7-14-27)21-25-11-4-2-1-3-5-12-26-23-40(26,39(49)44-55(50,51)29-18-19-29)43-36(47)32-22-28(24-45(32)38(25)48)53-37-35(33-17-10-20-54-33)41-30-15-8-9-16-31(30)42-37;1-2-29-35(40-31-17-11-10-16-30(31)39-29)51-27-21-32-34(45)41-38(37(47)42-52(48,49)28-18-19-28)22-25(38)13-7-5-3-4-6-12-24(36(46)43(32)23-27)20-33(44)50-26-14-8-9-15-26/h5,8-10,12,15-17,20,25-29,32H,1-4,6-7,11,13-14,18-19,21-24H2,(H,43,47)(H,44,49);7,10-11,13,16-17,24-28,32H,2-6,8-9,12,14-15,18-23H2,1H3,(H,41,45)(H,42,47)/b12-5-;13-7-/t25-,26-,28-,32+,40-;24-,25-,27-,32+,38-/m11/s1. The Kier molecular flexibility index (Phi) is 22.8. The van der Waals surface area contributed by atoms with Crippen LogP contribution in [0.5, 0.6) is 11.8 Å². The van der Waals surface area contributed by atoms with Crippen molar-refractivity contribution in [3.05, 3.63) is 96.0 Å². The molecule has 29 heteroatoms. The number of nitrogens with one attached hydrogen (secondary N) is 4. The number of esters is 2. The second-order valence-corrected chi connectivity index (χ2v) is 35.6. The van der Waals surface area contributed by atoms with E-state index in [-0.39, 0.29) is 81.5 Å². The van der Waals surface area contributed by atoms with Crippen LogP contribution < -0.4 is 29.6 Å². The molecule has 0 radical (unpaired) electrons. The number of benzene rings is 2. The van der Waals surface area contributed by atoms with Gasteiger partial charge in [-0.3, -0.25) is 47.8 Å². The fourth-order valence-electron chi connectivity index (χ4n) is 16.1. The minimum absolute atomic E-state index is 0.0298. The van der Waals surface area contributed by atoms with Crippen LogP contribution in [-0.4, -0.2) is 165 Å². The van der Waals surface area contributed by atoms with Gasteiger partial charge in [-0.2, -0.15) is 0 Å². The molecule has 5 aromatic rings. The maximum atomic E-state index is 14.7. The molecule has 6 aliphatic carbocycles. The van der Waals surface area contributed by atoms with Gasteiger partial charge >= 0.3 is 11.9 Å². The molecule has 572 valence electrons. The minimum Gasteiger partial charge on any atom is -0.471 e. The molecule has 107 heavy (non-hydrogen) atoms. The summed E-state index contributed by atoms with van der Waals surface area (Å²) >= 11 is 1.49. The summed E-state index contributed by atoms with van der Waals surface area (Å²) in [5.74, 6) is -5.85. The van der Waals surface area contributed by atoms with Crippen molar-refractivity contribution in [2.75, 3.05) is 13.1 Å². The highest BCUT2D eigenvalue weighted by Crippen LogP contribution is 2.48. The van der Waals surface area contributed by atoms with Gasteiger partial charge in [0, 0.05) is 36.5 Å². The number of carbonyl (C=O) groups excluding carboxylic acids is 8. The molecule has 4 aliphatic heterocycles. The van der Waals surface area contributed by atoms with E-state index in [0.29, 0.717) is 91.6 Å². The molecule has 2 aromatic carbocycles. The number of ether oxygens (including phenoxy) is 4. The van der Waals surface area contributed by atoms with E-state index < -0.39 is 125 Å². The Morgan fingerprint density at radius 1 is 0.523 bits per heavy atom. The first-order valence-corrected chi connectivity index (χ1v) is 42.6. The normalized spacial score (nSPS) is 28.8. The summed E-state index contributed by atoms with van der Waals surface area (Å²) in [6, 6.07) is 16.7. The summed E-state index contributed by atoms with van der Waals surface area (Å²) in [6.07, 6.45) is 23.5. The molecule has 0 bridgehead atoms. The number of thiophene rings is 1. The summed E-state index contributed by atoms with van der Waals surface area (Å²) < 4.78 is 80.5. The SMILES string of the molecule is CCc1nc2ccccc2nc1O[C@@H]1C[C@H]2C(=O)N[C@]3(C(=O)NS(=O)(=O)C4CC4)C[C@H]3/C=C\CCCCC[C@H](CC(=O)OC3CCCC3)C(=O)N2C1.O=C(C[C@H]1CCCCC/C=C\[C@@H]2C[C@@]2(C(=O)NS(=O)(=O)C2CC2)NC(=O)[C@@H]2C[C@@H](Oc3nc4ccccc4nc3-c3cccs3)CN2C1=O)OC1CCCC1. The molecular weight excluding hydrogens is 1430 g/mol. The highest BCUT2D eigenvalue weighted by atomic mass is 32.2. The van der Waals surface area contributed by atoms with Gasteiger partial charge in [-0.15, -0.1) is 11.3 Å². The fraction of sp³-hybridized carbons (Fsp3) is 0.590. The zero-order valence-electron chi connectivity index (χ0n) is 60.4. The second kappa shape index (κ2) is 32.4. The molecule has 15 rings (SSSR count). The van der Waals surface area contributed by atoms with Crippen LogP contribution in [0, 0.1) is 23.7 Å². The predicted molar refractivity (Wildman–Crippen MR) is 396 cm³/mol. The van der Waals surface area contributed by atoms with Gasteiger partial charge in [0.2, 0.25) is 55.4 Å². The van der Waals surface area contributed by atoms with Gasteiger partial charge in [0.05, 0.1) is 63.4 Å². The van der Waals surface area contributed by atoms with Gasteiger partial charge in [-0.1, -0.05) is 87.2 Å². The number of rotatable bonds is 18. The smallest absolute Gasteiger partial charge is 0.306 e. The summed E-state index contributed by atoms with van der Waals surface area (Å²) in [4.78, 5) is 135. The summed E-state index contributed by atoms with van der Waals surface area (Å²) in [5.41, 5.74) is 0.943. The number of fused-ring (bicyclic) bond motifs is 6. The van der Waals surface area contributed by atoms with Gasteiger partial charge in [0.25, 0.3) is 11.8 Å². The van der Waals surface area contributed by atoms with Crippen molar-refractivity contribution in [3.63, 3.8) is 0 Å². The molecule has 26 nitrogen and oxygen atoms in total. The van der Waals surface area contributed by atoms with Crippen LogP contribution in [0.3, 0.4) is 0 Å². The van der Waals surface area contributed by atoms with E-state index >= 15 is 0 Å². The number of sulfonamides is 2. The molecule has 0 spiro atoms. The van der Waals surface area contributed by atoms with Crippen molar-refractivity contribution in [2.24, 2.45) is 23.7 Å². The van der Waals surface area contributed by atoms with Crippen molar-refractivity contribution >= 4 is 101 Å². The van der Waals surface area contributed by atoms with Crippen LogP contribution in [0.25, 0.3) is 32.6 Å².